The lowest BCUT2D eigenvalue weighted by molar-refractivity contribution is -0.139. The fourth-order valence-electron chi connectivity index (χ4n) is 3.73. The summed E-state index contributed by atoms with van der Waals surface area (Å²) in [6.45, 7) is 1.92. The second-order valence-electron chi connectivity index (χ2n) is 8.09. The fourth-order valence-corrected chi connectivity index (χ4v) is 3.73. The minimum absolute atomic E-state index is 0.0515. The normalized spacial score (nSPS) is 16.2. The quantitative estimate of drug-likeness (QED) is 0.757. The minimum Gasteiger partial charge on any atom is -0.360 e. The highest BCUT2D eigenvalue weighted by molar-refractivity contribution is 5.84. The third-order valence-corrected chi connectivity index (χ3v) is 5.70. The zero-order valence-electron chi connectivity index (χ0n) is 18.4. The summed E-state index contributed by atoms with van der Waals surface area (Å²) in [5.74, 6) is 0.415. The number of aromatic nitrogens is 1. The highest BCUT2D eigenvalue weighted by Gasteiger charge is 2.20. The van der Waals surface area contributed by atoms with E-state index in [1.54, 1.807) is 35.0 Å². The van der Waals surface area contributed by atoms with Gasteiger partial charge in [-0.05, 0) is 49.4 Å². The smallest absolute Gasteiger partial charge is 0.241 e. The number of carbonyl (C=O) groups excluding carboxylic acids is 2. The number of likely N-dealkylation sites (N-methyl/N-ethyl adjacent to an activating group) is 1. The molecule has 1 aromatic carbocycles. The first-order valence-corrected chi connectivity index (χ1v) is 10.9. The van der Waals surface area contributed by atoms with Crippen LogP contribution in [0.2, 0.25) is 0 Å². The average Bonchev–Trinajstić information content (AvgIpc) is 2.77. The van der Waals surface area contributed by atoms with E-state index in [1.807, 2.05) is 25.2 Å². The van der Waals surface area contributed by atoms with E-state index in [0.717, 1.165) is 30.9 Å². The number of hydrogen-bond acceptors (Lipinski definition) is 4. The summed E-state index contributed by atoms with van der Waals surface area (Å²) in [7, 11) is 3.78. The molecule has 0 radical (unpaired) electrons. The van der Waals surface area contributed by atoms with Crippen LogP contribution in [0.1, 0.15) is 30.5 Å². The number of anilines is 1. The molecule has 2 amide bonds. The van der Waals surface area contributed by atoms with Gasteiger partial charge in [-0.2, -0.15) is 0 Å². The van der Waals surface area contributed by atoms with Crippen molar-refractivity contribution in [3.8, 4) is 0 Å². The molecule has 0 aliphatic carbocycles. The molecule has 166 valence electrons. The van der Waals surface area contributed by atoms with E-state index < -0.39 is 0 Å². The summed E-state index contributed by atoms with van der Waals surface area (Å²) in [5, 5.41) is 0. The third-order valence-electron chi connectivity index (χ3n) is 5.70. The molecule has 0 unspecified atom stereocenters. The maximum atomic E-state index is 13.9. The molecule has 2 aromatic rings. The van der Waals surface area contributed by atoms with Crippen LogP contribution in [-0.4, -0.2) is 66.9 Å². The van der Waals surface area contributed by atoms with Crippen molar-refractivity contribution in [2.75, 3.05) is 45.2 Å². The second kappa shape index (κ2) is 10.9. The molecule has 2 bridgehead atoms. The molecule has 3 rings (SSSR count). The number of amides is 2. The second-order valence-corrected chi connectivity index (χ2v) is 8.09. The van der Waals surface area contributed by atoms with E-state index in [-0.39, 0.29) is 30.6 Å². The Morgan fingerprint density at radius 3 is 2.58 bits per heavy atom. The Morgan fingerprint density at radius 1 is 1.00 bits per heavy atom. The Labute approximate surface area is 183 Å². The zero-order valence-corrected chi connectivity index (χ0v) is 18.4. The number of halogens is 1. The summed E-state index contributed by atoms with van der Waals surface area (Å²) in [4.78, 5) is 35.7. The molecule has 1 aromatic heterocycles. The van der Waals surface area contributed by atoms with Gasteiger partial charge in [-0.15, -0.1) is 0 Å². The summed E-state index contributed by atoms with van der Waals surface area (Å²) in [6.07, 6.45) is 2.75. The van der Waals surface area contributed by atoms with Crippen LogP contribution in [0.4, 0.5) is 10.2 Å². The van der Waals surface area contributed by atoms with Gasteiger partial charge in [-0.25, -0.2) is 9.37 Å². The zero-order chi connectivity index (χ0) is 22.2. The van der Waals surface area contributed by atoms with Crippen LogP contribution in [0.15, 0.2) is 42.5 Å². The Kier molecular flexibility index (Phi) is 7.98. The summed E-state index contributed by atoms with van der Waals surface area (Å²) >= 11 is 0. The van der Waals surface area contributed by atoms with Gasteiger partial charge >= 0.3 is 0 Å². The summed E-state index contributed by atoms with van der Waals surface area (Å²) in [5.41, 5.74) is 1.50. The molecule has 1 aliphatic rings. The van der Waals surface area contributed by atoms with Gasteiger partial charge in [0, 0.05) is 45.8 Å². The van der Waals surface area contributed by atoms with Gasteiger partial charge in [0.2, 0.25) is 11.8 Å². The predicted molar refractivity (Wildman–Crippen MR) is 119 cm³/mol. The predicted octanol–water partition coefficient (Wildman–Crippen LogP) is 2.91. The van der Waals surface area contributed by atoms with Crippen molar-refractivity contribution in [2.45, 2.75) is 32.1 Å². The summed E-state index contributed by atoms with van der Waals surface area (Å²) < 4.78 is 13.9. The molecule has 7 heteroatoms. The number of hydrogen-bond donors (Lipinski definition) is 0. The molecule has 0 spiro atoms. The van der Waals surface area contributed by atoms with Gasteiger partial charge in [0.1, 0.15) is 11.6 Å². The number of aryl methyl sites for hydroxylation is 2. The molecule has 0 N–H and O–H groups in total. The molecular weight excluding hydrogens is 395 g/mol. The maximum absolute atomic E-state index is 13.9. The van der Waals surface area contributed by atoms with Crippen LogP contribution in [0.5, 0.6) is 0 Å². The highest BCUT2D eigenvalue weighted by Crippen LogP contribution is 2.14. The van der Waals surface area contributed by atoms with Crippen molar-refractivity contribution in [1.82, 2.24) is 14.8 Å². The van der Waals surface area contributed by atoms with Crippen LogP contribution >= 0.6 is 0 Å². The van der Waals surface area contributed by atoms with Crippen LogP contribution < -0.4 is 4.90 Å². The van der Waals surface area contributed by atoms with Crippen LogP contribution in [0, 0.1) is 5.82 Å². The minimum atomic E-state index is -0.303. The molecule has 6 nitrogen and oxygen atoms in total. The Hall–Kier alpha value is -2.96. The topological polar surface area (TPSA) is 56.8 Å². The Balaban J connectivity index is 1.70. The third kappa shape index (κ3) is 6.51. The van der Waals surface area contributed by atoms with Crippen molar-refractivity contribution < 1.29 is 14.0 Å². The number of pyridine rings is 1. The number of nitrogens with zero attached hydrogens (tertiary/aromatic N) is 4. The van der Waals surface area contributed by atoms with Crippen molar-refractivity contribution >= 4 is 17.6 Å². The first kappa shape index (κ1) is 22.7. The van der Waals surface area contributed by atoms with E-state index in [4.69, 9.17) is 4.98 Å². The van der Waals surface area contributed by atoms with Gasteiger partial charge in [0.15, 0.2) is 0 Å². The molecule has 2 heterocycles. The molecule has 1 aliphatic heterocycles. The first-order chi connectivity index (χ1) is 14.9. The van der Waals surface area contributed by atoms with Crippen molar-refractivity contribution in [3.63, 3.8) is 0 Å². The standard InChI is InChI=1S/C24H31FN4O2/c1-27-15-7-16-28(2)24(31)18-29(17-6-10-20-9-5-12-22(27)26-20)23(30)14-13-19-8-3-4-11-21(19)25/h3-5,8-9,11-12H,6-7,10,13-18H2,1-2H3. The molecular formula is C24H31FN4O2. The van der Waals surface area contributed by atoms with Gasteiger partial charge in [-0.1, -0.05) is 24.3 Å². The van der Waals surface area contributed by atoms with E-state index in [0.29, 0.717) is 31.5 Å². The van der Waals surface area contributed by atoms with E-state index in [9.17, 15) is 14.0 Å². The van der Waals surface area contributed by atoms with Crippen molar-refractivity contribution in [3.05, 3.63) is 59.5 Å². The fraction of sp³-hybridized carbons (Fsp3) is 0.458. The van der Waals surface area contributed by atoms with E-state index >= 15 is 0 Å². The molecule has 0 saturated heterocycles. The monoisotopic (exact) mass is 426 g/mol. The lowest BCUT2D eigenvalue weighted by atomic mass is 10.1. The van der Waals surface area contributed by atoms with Gasteiger partial charge < -0.3 is 14.7 Å². The average molecular weight is 427 g/mol. The summed E-state index contributed by atoms with van der Waals surface area (Å²) in [6, 6.07) is 12.5. The van der Waals surface area contributed by atoms with Gasteiger partial charge in [0.25, 0.3) is 0 Å². The number of fused-ring (bicyclic) bond motifs is 2. The molecule has 31 heavy (non-hydrogen) atoms. The largest absolute Gasteiger partial charge is 0.360 e. The van der Waals surface area contributed by atoms with Gasteiger partial charge in [-0.3, -0.25) is 9.59 Å². The lowest BCUT2D eigenvalue weighted by Crippen LogP contribution is -2.43. The maximum Gasteiger partial charge on any atom is 0.241 e. The highest BCUT2D eigenvalue weighted by atomic mass is 19.1. The number of benzene rings is 1. The number of rotatable bonds is 3. The van der Waals surface area contributed by atoms with Crippen molar-refractivity contribution in [1.29, 1.82) is 0 Å². The van der Waals surface area contributed by atoms with E-state index in [1.165, 1.54) is 6.07 Å². The Morgan fingerprint density at radius 2 is 1.77 bits per heavy atom. The van der Waals surface area contributed by atoms with Crippen LogP contribution in [0.25, 0.3) is 0 Å². The van der Waals surface area contributed by atoms with Gasteiger partial charge in [0.05, 0.1) is 6.54 Å². The lowest BCUT2D eigenvalue weighted by Gasteiger charge is -2.27. The number of carbonyl (C=O) groups is 2. The first-order valence-electron chi connectivity index (χ1n) is 10.9. The van der Waals surface area contributed by atoms with Crippen LogP contribution in [0.3, 0.4) is 0 Å². The molecule has 0 saturated carbocycles. The molecule has 0 atom stereocenters. The molecule has 0 fully saturated rings. The SMILES string of the molecule is CN1CCCN(C)c2cccc(n2)CCCN(C(=O)CCc2ccccc2F)CC1=O. The Bertz CT molecular complexity index is 905. The van der Waals surface area contributed by atoms with Crippen LogP contribution in [-0.2, 0) is 22.4 Å². The van der Waals surface area contributed by atoms with E-state index in [2.05, 4.69) is 4.90 Å². The van der Waals surface area contributed by atoms with Crippen molar-refractivity contribution in [2.24, 2.45) is 0 Å².